The monoisotopic (exact) mass is 421 g/mol. The Bertz CT molecular complexity index is 760. The molecule has 0 unspecified atom stereocenters. The van der Waals surface area contributed by atoms with Crippen molar-refractivity contribution in [3.05, 3.63) is 35.6 Å². The minimum absolute atomic E-state index is 0.0427. The van der Waals surface area contributed by atoms with Gasteiger partial charge in [0.05, 0.1) is 0 Å². The SMILES string of the molecule is CC(C)[C@H](NC(=O)c1ccc(F)cc1)C(=O)OCC(=O)NC(=O)NC1CCCCC1. The van der Waals surface area contributed by atoms with Gasteiger partial charge in [-0.3, -0.25) is 14.9 Å². The molecule has 8 nitrogen and oxygen atoms in total. The third-order valence-electron chi connectivity index (χ3n) is 4.85. The maximum atomic E-state index is 13.0. The van der Waals surface area contributed by atoms with E-state index < -0.39 is 42.3 Å². The summed E-state index contributed by atoms with van der Waals surface area (Å²) in [5.74, 6) is -2.93. The lowest BCUT2D eigenvalue weighted by molar-refractivity contribution is -0.151. The molecule has 1 aromatic carbocycles. The number of hydrogen-bond acceptors (Lipinski definition) is 5. The first-order valence-electron chi connectivity index (χ1n) is 10.1. The van der Waals surface area contributed by atoms with Gasteiger partial charge in [-0.15, -0.1) is 0 Å². The zero-order chi connectivity index (χ0) is 22.1. The van der Waals surface area contributed by atoms with E-state index in [4.69, 9.17) is 4.74 Å². The van der Waals surface area contributed by atoms with Crippen LogP contribution in [0.15, 0.2) is 24.3 Å². The van der Waals surface area contributed by atoms with Gasteiger partial charge >= 0.3 is 12.0 Å². The van der Waals surface area contributed by atoms with E-state index in [0.717, 1.165) is 44.2 Å². The smallest absolute Gasteiger partial charge is 0.329 e. The van der Waals surface area contributed by atoms with E-state index in [9.17, 15) is 23.6 Å². The Hall–Kier alpha value is -2.97. The number of rotatable bonds is 7. The van der Waals surface area contributed by atoms with Gasteiger partial charge in [0.15, 0.2) is 6.61 Å². The predicted octanol–water partition coefficient (Wildman–Crippen LogP) is 2.28. The maximum Gasteiger partial charge on any atom is 0.329 e. The molecular formula is C21H28FN3O5. The van der Waals surface area contributed by atoms with Crippen molar-refractivity contribution < 1.29 is 28.3 Å². The summed E-state index contributed by atoms with van der Waals surface area (Å²) in [6, 6.07) is 3.29. The van der Waals surface area contributed by atoms with Crippen LogP contribution >= 0.6 is 0 Å². The molecule has 0 saturated heterocycles. The highest BCUT2D eigenvalue weighted by atomic mass is 19.1. The summed E-state index contributed by atoms with van der Waals surface area (Å²) in [5, 5.41) is 7.39. The van der Waals surface area contributed by atoms with Crippen molar-refractivity contribution in [1.29, 1.82) is 0 Å². The van der Waals surface area contributed by atoms with E-state index in [2.05, 4.69) is 16.0 Å². The number of esters is 1. The molecule has 0 bridgehead atoms. The Labute approximate surface area is 174 Å². The van der Waals surface area contributed by atoms with Crippen molar-refractivity contribution in [2.75, 3.05) is 6.61 Å². The molecule has 30 heavy (non-hydrogen) atoms. The van der Waals surface area contributed by atoms with E-state index in [1.807, 2.05) is 0 Å². The van der Waals surface area contributed by atoms with Crippen LogP contribution in [-0.4, -0.2) is 42.5 Å². The summed E-state index contributed by atoms with van der Waals surface area (Å²) < 4.78 is 18.0. The van der Waals surface area contributed by atoms with Crippen LogP contribution < -0.4 is 16.0 Å². The fraction of sp³-hybridized carbons (Fsp3) is 0.524. The number of hydrogen-bond donors (Lipinski definition) is 3. The lowest BCUT2D eigenvalue weighted by atomic mass is 9.96. The number of halogens is 1. The number of amides is 4. The minimum Gasteiger partial charge on any atom is -0.454 e. The van der Waals surface area contributed by atoms with Gasteiger partial charge in [0.1, 0.15) is 11.9 Å². The fourth-order valence-corrected chi connectivity index (χ4v) is 3.18. The fourth-order valence-electron chi connectivity index (χ4n) is 3.18. The van der Waals surface area contributed by atoms with Gasteiger partial charge in [-0.2, -0.15) is 0 Å². The average molecular weight is 421 g/mol. The zero-order valence-corrected chi connectivity index (χ0v) is 17.2. The second-order valence-electron chi connectivity index (χ2n) is 7.67. The van der Waals surface area contributed by atoms with Gasteiger partial charge in [0.25, 0.3) is 11.8 Å². The third-order valence-corrected chi connectivity index (χ3v) is 4.85. The van der Waals surface area contributed by atoms with Crippen LogP contribution in [0.25, 0.3) is 0 Å². The Balaban J connectivity index is 1.80. The Morgan fingerprint density at radius 2 is 1.70 bits per heavy atom. The first kappa shape index (κ1) is 23.3. The summed E-state index contributed by atoms with van der Waals surface area (Å²) in [5.41, 5.74) is 0.187. The summed E-state index contributed by atoms with van der Waals surface area (Å²) in [6.07, 6.45) is 4.97. The minimum atomic E-state index is -1.01. The van der Waals surface area contributed by atoms with Crippen LogP contribution in [0.3, 0.4) is 0 Å². The van der Waals surface area contributed by atoms with Gasteiger partial charge in [-0.1, -0.05) is 33.1 Å². The second kappa shape index (κ2) is 11.3. The van der Waals surface area contributed by atoms with Crippen molar-refractivity contribution in [2.24, 2.45) is 5.92 Å². The predicted molar refractivity (Wildman–Crippen MR) is 107 cm³/mol. The average Bonchev–Trinajstić information content (AvgIpc) is 2.71. The number of nitrogens with one attached hydrogen (secondary N) is 3. The maximum absolute atomic E-state index is 13.0. The number of urea groups is 1. The molecule has 1 saturated carbocycles. The summed E-state index contributed by atoms with van der Waals surface area (Å²) in [4.78, 5) is 48.4. The molecule has 2 rings (SSSR count). The molecule has 0 radical (unpaired) electrons. The largest absolute Gasteiger partial charge is 0.454 e. The summed E-state index contributed by atoms with van der Waals surface area (Å²) in [7, 11) is 0. The number of imide groups is 1. The molecule has 9 heteroatoms. The van der Waals surface area contributed by atoms with Crippen molar-refractivity contribution in [3.63, 3.8) is 0 Å². The van der Waals surface area contributed by atoms with Gasteiger partial charge in [0, 0.05) is 11.6 Å². The molecular weight excluding hydrogens is 393 g/mol. The number of carbonyl (C=O) groups is 4. The lowest BCUT2D eigenvalue weighted by Gasteiger charge is -2.23. The highest BCUT2D eigenvalue weighted by Crippen LogP contribution is 2.17. The number of benzene rings is 1. The van der Waals surface area contributed by atoms with Crippen LogP contribution in [0.4, 0.5) is 9.18 Å². The lowest BCUT2D eigenvalue weighted by Crippen LogP contribution is -2.48. The first-order chi connectivity index (χ1) is 14.3. The Morgan fingerprint density at radius 1 is 1.07 bits per heavy atom. The standard InChI is InChI=1S/C21H28FN3O5/c1-13(2)18(25-19(27)14-8-10-15(22)11-9-14)20(28)30-12-17(26)24-21(29)23-16-6-4-3-5-7-16/h8-11,13,16,18H,3-7,12H2,1-2H3,(H,25,27)(H2,23,24,26,29)/t18-/m0/s1. The number of carbonyl (C=O) groups excluding carboxylic acids is 4. The van der Waals surface area contributed by atoms with Gasteiger partial charge in [-0.05, 0) is 43.0 Å². The van der Waals surface area contributed by atoms with Crippen molar-refractivity contribution in [3.8, 4) is 0 Å². The van der Waals surface area contributed by atoms with Crippen LogP contribution in [0.5, 0.6) is 0 Å². The molecule has 1 aliphatic carbocycles. The molecule has 1 aromatic rings. The van der Waals surface area contributed by atoms with Crippen LogP contribution in [0.1, 0.15) is 56.3 Å². The van der Waals surface area contributed by atoms with Gasteiger partial charge in [0.2, 0.25) is 0 Å². The normalized spacial score (nSPS) is 15.2. The second-order valence-corrected chi connectivity index (χ2v) is 7.67. The third kappa shape index (κ3) is 7.46. The molecule has 0 spiro atoms. The van der Waals surface area contributed by atoms with Gasteiger partial charge < -0.3 is 15.4 Å². The van der Waals surface area contributed by atoms with E-state index >= 15 is 0 Å². The molecule has 3 N–H and O–H groups in total. The molecule has 164 valence electrons. The molecule has 1 fully saturated rings. The molecule has 0 heterocycles. The summed E-state index contributed by atoms with van der Waals surface area (Å²) >= 11 is 0. The number of ether oxygens (including phenoxy) is 1. The van der Waals surface area contributed by atoms with Crippen LogP contribution in [0.2, 0.25) is 0 Å². The highest BCUT2D eigenvalue weighted by molar-refractivity contribution is 5.98. The Morgan fingerprint density at radius 3 is 2.30 bits per heavy atom. The highest BCUT2D eigenvalue weighted by Gasteiger charge is 2.27. The molecule has 1 atom stereocenters. The van der Waals surface area contributed by atoms with Crippen molar-refractivity contribution in [1.82, 2.24) is 16.0 Å². The van der Waals surface area contributed by atoms with Gasteiger partial charge in [-0.25, -0.2) is 14.0 Å². The van der Waals surface area contributed by atoms with E-state index in [1.165, 1.54) is 12.1 Å². The van der Waals surface area contributed by atoms with E-state index in [-0.39, 0.29) is 17.5 Å². The topological polar surface area (TPSA) is 114 Å². The van der Waals surface area contributed by atoms with E-state index in [1.54, 1.807) is 13.8 Å². The van der Waals surface area contributed by atoms with E-state index in [0.29, 0.717) is 0 Å². The van der Waals surface area contributed by atoms with Crippen molar-refractivity contribution in [2.45, 2.75) is 58.0 Å². The quantitative estimate of drug-likeness (QED) is 0.585. The Kier molecular flexibility index (Phi) is 8.76. The van der Waals surface area contributed by atoms with Crippen LogP contribution in [-0.2, 0) is 14.3 Å². The zero-order valence-electron chi connectivity index (χ0n) is 17.2. The molecule has 1 aliphatic rings. The first-order valence-corrected chi connectivity index (χ1v) is 10.1. The molecule has 4 amide bonds. The van der Waals surface area contributed by atoms with Crippen molar-refractivity contribution >= 4 is 23.8 Å². The molecule has 0 aliphatic heterocycles. The summed E-state index contributed by atoms with van der Waals surface area (Å²) in [6.45, 7) is 2.76. The van der Waals surface area contributed by atoms with Crippen LogP contribution in [0, 0.1) is 11.7 Å². The molecule has 0 aromatic heterocycles.